The maximum atomic E-state index is 11.0. The van der Waals surface area contributed by atoms with Crippen molar-refractivity contribution in [1.29, 1.82) is 0 Å². The number of carbonyl (C=O) groups is 1. The highest BCUT2D eigenvalue weighted by atomic mass is 16.1. The molecule has 0 aromatic carbocycles. The molecule has 0 aromatic rings. The summed E-state index contributed by atoms with van der Waals surface area (Å²) in [6.45, 7) is 11.1. The van der Waals surface area contributed by atoms with Crippen LogP contribution in [0.3, 0.4) is 0 Å². The number of rotatable bonds is 7. The van der Waals surface area contributed by atoms with E-state index in [9.17, 15) is 4.79 Å². The van der Waals surface area contributed by atoms with Gasteiger partial charge in [-0.3, -0.25) is 4.79 Å². The van der Waals surface area contributed by atoms with Crippen molar-refractivity contribution in [2.24, 2.45) is 11.7 Å². The van der Waals surface area contributed by atoms with Crippen molar-refractivity contribution in [1.82, 2.24) is 9.80 Å². The van der Waals surface area contributed by atoms with Gasteiger partial charge in [-0.2, -0.15) is 0 Å². The van der Waals surface area contributed by atoms with E-state index < -0.39 is 0 Å². The maximum Gasteiger partial charge on any atom is 0.220 e. The molecule has 1 rings (SSSR count). The Bertz CT molecular complexity index is 221. The molecule has 4 heteroatoms. The molecule has 0 spiro atoms. The van der Waals surface area contributed by atoms with E-state index in [2.05, 4.69) is 23.6 Å². The molecule has 0 radical (unpaired) electrons. The summed E-state index contributed by atoms with van der Waals surface area (Å²) < 4.78 is 0. The van der Waals surface area contributed by atoms with Gasteiger partial charge in [0.05, 0.1) is 0 Å². The standard InChI is InChI=1S/C13H27N3O/c1-3-15(4-2)8-5-9-16-10-6-12(7-11-16)13(14)17/h12H,3-11H2,1-2H3,(H2,14,17). The molecule has 1 fully saturated rings. The number of nitrogens with zero attached hydrogens (tertiary/aromatic N) is 2. The van der Waals surface area contributed by atoms with Crippen molar-refractivity contribution in [3.05, 3.63) is 0 Å². The highest BCUT2D eigenvalue weighted by Gasteiger charge is 2.22. The molecule has 0 bridgehead atoms. The average molecular weight is 241 g/mol. The fraction of sp³-hybridized carbons (Fsp3) is 0.923. The van der Waals surface area contributed by atoms with Gasteiger partial charge in [-0.1, -0.05) is 13.8 Å². The van der Waals surface area contributed by atoms with Crippen LogP contribution in [-0.2, 0) is 4.79 Å². The first kappa shape index (κ1) is 14.5. The van der Waals surface area contributed by atoms with Crippen LogP contribution < -0.4 is 5.73 Å². The number of carbonyl (C=O) groups excluding carboxylic acids is 1. The highest BCUT2D eigenvalue weighted by Crippen LogP contribution is 2.16. The lowest BCUT2D eigenvalue weighted by atomic mass is 9.96. The zero-order valence-corrected chi connectivity index (χ0v) is 11.3. The predicted octanol–water partition coefficient (Wildman–Crippen LogP) is 0.916. The minimum Gasteiger partial charge on any atom is -0.369 e. The number of primary amides is 1. The van der Waals surface area contributed by atoms with Gasteiger partial charge in [-0.25, -0.2) is 0 Å². The van der Waals surface area contributed by atoms with Crippen LogP contribution in [-0.4, -0.2) is 55.0 Å². The van der Waals surface area contributed by atoms with Crippen LogP contribution >= 0.6 is 0 Å². The summed E-state index contributed by atoms with van der Waals surface area (Å²) >= 11 is 0. The number of likely N-dealkylation sites (tertiary alicyclic amines) is 1. The molecule has 100 valence electrons. The van der Waals surface area contributed by atoms with Gasteiger partial charge < -0.3 is 15.5 Å². The van der Waals surface area contributed by atoms with Crippen molar-refractivity contribution in [2.45, 2.75) is 33.1 Å². The molecule has 4 nitrogen and oxygen atoms in total. The summed E-state index contributed by atoms with van der Waals surface area (Å²) in [5.74, 6) is 0.00169. The van der Waals surface area contributed by atoms with Gasteiger partial charge >= 0.3 is 0 Å². The van der Waals surface area contributed by atoms with Gasteiger partial charge in [0, 0.05) is 5.92 Å². The maximum absolute atomic E-state index is 11.0. The summed E-state index contributed by atoms with van der Waals surface area (Å²) in [4.78, 5) is 16.0. The van der Waals surface area contributed by atoms with Crippen molar-refractivity contribution in [2.75, 3.05) is 39.3 Å². The second kappa shape index (κ2) is 7.67. The summed E-state index contributed by atoms with van der Waals surface area (Å²) in [6, 6.07) is 0. The Morgan fingerprint density at radius 1 is 1.29 bits per heavy atom. The lowest BCUT2D eigenvalue weighted by molar-refractivity contribution is -0.123. The third-order valence-corrected chi connectivity index (χ3v) is 3.83. The van der Waals surface area contributed by atoms with E-state index in [0.717, 1.165) is 45.6 Å². The number of amides is 1. The molecule has 0 saturated carbocycles. The second-order valence-corrected chi connectivity index (χ2v) is 4.90. The average Bonchev–Trinajstić information content (AvgIpc) is 2.35. The van der Waals surface area contributed by atoms with E-state index in [-0.39, 0.29) is 11.8 Å². The zero-order valence-electron chi connectivity index (χ0n) is 11.3. The number of piperidine rings is 1. The van der Waals surface area contributed by atoms with Crippen LogP contribution in [0.1, 0.15) is 33.1 Å². The van der Waals surface area contributed by atoms with E-state index >= 15 is 0 Å². The van der Waals surface area contributed by atoms with Gasteiger partial charge in [0.25, 0.3) is 0 Å². The van der Waals surface area contributed by atoms with Gasteiger partial charge in [0.1, 0.15) is 0 Å². The van der Waals surface area contributed by atoms with Crippen LogP contribution in [0.4, 0.5) is 0 Å². The molecule has 0 aliphatic carbocycles. The lowest BCUT2D eigenvalue weighted by Crippen LogP contribution is -2.39. The molecule has 1 aliphatic rings. The van der Waals surface area contributed by atoms with E-state index in [1.54, 1.807) is 0 Å². The van der Waals surface area contributed by atoms with Crippen LogP contribution in [0, 0.1) is 5.92 Å². The minimum absolute atomic E-state index is 0.118. The fourth-order valence-corrected chi connectivity index (χ4v) is 2.50. The smallest absolute Gasteiger partial charge is 0.220 e. The minimum atomic E-state index is -0.118. The molecular weight excluding hydrogens is 214 g/mol. The lowest BCUT2D eigenvalue weighted by Gasteiger charge is -2.31. The molecule has 0 aromatic heterocycles. The summed E-state index contributed by atoms with van der Waals surface area (Å²) in [5.41, 5.74) is 5.32. The Labute approximate surface area is 105 Å². The normalized spacial score (nSPS) is 18.8. The summed E-state index contributed by atoms with van der Waals surface area (Å²) in [5, 5.41) is 0. The third kappa shape index (κ3) is 5.04. The monoisotopic (exact) mass is 241 g/mol. The molecular formula is C13H27N3O. The van der Waals surface area contributed by atoms with Crippen molar-refractivity contribution >= 4 is 5.91 Å². The van der Waals surface area contributed by atoms with Gasteiger partial charge in [0.2, 0.25) is 5.91 Å². The Hall–Kier alpha value is -0.610. The second-order valence-electron chi connectivity index (χ2n) is 4.90. The predicted molar refractivity (Wildman–Crippen MR) is 70.8 cm³/mol. The molecule has 0 unspecified atom stereocenters. The zero-order chi connectivity index (χ0) is 12.7. The SMILES string of the molecule is CCN(CC)CCCN1CCC(C(N)=O)CC1. The number of nitrogens with two attached hydrogens (primary N) is 1. The molecule has 2 N–H and O–H groups in total. The van der Waals surface area contributed by atoms with Crippen molar-refractivity contribution in [3.8, 4) is 0 Å². The summed E-state index contributed by atoms with van der Waals surface area (Å²) in [7, 11) is 0. The van der Waals surface area contributed by atoms with Crippen LogP contribution in [0.15, 0.2) is 0 Å². The Morgan fingerprint density at radius 2 is 1.88 bits per heavy atom. The molecule has 1 heterocycles. The van der Waals surface area contributed by atoms with Crippen LogP contribution in [0.2, 0.25) is 0 Å². The fourth-order valence-electron chi connectivity index (χ4n) is 2.50. The summed E-state index contributed by atoms with van der Waals surface area (Å²) in [6.07, 6.45) is 3.12. The van der Waals surface area contributed by atoms with E-state index in [1.807, 2.05) is 0 Å². The quantitative estimate of drug-likeness (QED) is 0.721. The third-order valence-electron chi connectivity index (χ3n) is 3.83. The Morgan fingerprint density at radius 3 is 2.35 bits per heavy atom. The van der Waals surface area contributed by atoms with Crippen molar-refractivity contribution in [3.63, 3.8) is 0 Å². The van der Waals surface area contributed by atoms with Crippen LogP contribution in [0.25, 0.3) is 0 Å². The molecule has 0 atom stereocenters. The first-order valence-corrected chi connectivity index (χ1v) is 6.91. The number of hydrogen-bond donors (Lipinski definition) is 1. The van der Waals surface area contributed by atoms with E-state index in [0.29, 0.717) is 0 Å². The van der Waals surface area contributed by atoms with E-state index in [4.69, 9.17) is 5.73 Å². The molecule has 17 heavy (non-hydrogen) atoms. The molecule has 1 amide bonds. The topological polar surface area (TPSA) is 49.6 Å². The highest BCUT2D eigenvalue weighted by molar-refractivity contribution is 5.76. The first-order valence-electron chi connectivity index (χ1n) is 6.91. The van der Waals surface area contributed by atoms with Gasteiger partial charge in [-0.15, -0.1) is 0 Å². The number of hydrogen-bond acceptors (Lipinski definition) is 3. The largest absolute Gasteiger partial charge is 0.369 e. The molecule has 1 saturated heterocycles. The Kier molecular flexibility index (Phi) is 6.52. The van der Waals surface area contributed by atoms with Crippen molar-refractivity contribution < 1.29 is 4.79 Å². The van der Waals surface area contributed by atoms with Gasteiger partial charge in [-0.05, 0) is 58.5 Å². The first-order chi connectivity index (χ1) is 8.17. The Balaban J connectivity index is 2.12. The van der Waals surface area contributed by atoms with E-state index in [1.165, 1.54) is 13.0 Å². The molecule has 1 aliphatic heterocycles. The van der Waals surface area contributed by atoms with Gasteiger partial charge in [0.15, 0.2) is 0 Å². The van der Waals surface area contributed by atoms with Crippen LogP contribution in [0.5, 0.6) is 0 Å².